The quantitative estimate of drug-likeness (QED) is 0.390. The van der Waals surface area contributed by atoms with Crippen LogP contribution in [0.3, 0.4) is 0 Å². The highest BCUT2D eigenvalue weighted by atomic mass is 79.9. The van der Waals surface area contributed by atoms with Crippen molar-refractivity contribution in [1.29, 1.82) is 0 Å². The SMILES string of the molecule is Cc1cc(Br)c(NC(=O)c2cccc([N+](=O)[O-])c2)c(SC(F)(F)F)c1. The number of alkyl halides is 3. The predicted octanol–water partition coefficient (Wildman–Crippen LogP) is 5.53. The highest BCUT2D eigenvalue weighted by molar-refractivity contribution is 9.10. The Morgan fingerprint density at radius 1 is 1.28 bits per heavy atom. The molecule has 0 saturated heterocycles. The van der Waals surface area contributed by atoms with Crippen molar-refractivity contribution in [3.05, 3.63) is 62.1 Å². The molecule has 0 aromatic heterocycles. The molecule has 132 valence electrons. The Morgan fingerprint density at radius 3 is 2.56 bits per heavy atom. The molecule has 5 nitrogen and oxygen atoms in total. The first-order chi connectivity index (χ1) is 11.6. The molecule has 0 aliphatic heterocycles. The maximum Gasteiger partial charge on any atom is 0.446 e. The lowest BCUT2D eigenvalue weighted by atomic mass is 10.1. The van der Waals surface area contributed by atoms with Gasteiger partial charge in [-0.15, -0.1) is 0 Å². The number of benzene rings is 2. The van der Waals surface area contributed by atoms with Crippen LogP contribution in [0.25, 0.3) is 0 Å². The van der Waals surface area contributed by atoms with Crippen LogP contribution in [0.4, 0.5) is 24.5 Å². The second kappa shape index (κ2) is 7.44. The lowest BCUT2D eigenvalue weighted by Gasteiger charge is -2.15. The molecule has 0 atom stereocenters. The summed E-state index contributed by atoms with van der Waals surface area (Å²) < 4.78 is 38.5. The summed E-state index contributed by atoms with van der Waals surface area (Å²) in [5.74, 6) is -0.753. The molecule has 0 fully saturated rings. The average Bonchev–Trinajstić information content (AvgIpc) is 2.49. The number of thioether (sulfide) groups is 1. The standard InChI is InChI=1S/C15H10BrF3N2O3S/c1-8-5-11(16)13(12(6-8)25-15(17,18)19)20-14(22)9-3-2-4-10(7-9)21(23)24/h2-7H,1H3,(H,20,22). The minimum absolute atomic E-state index is 0.0374. The number of carbonyl (C=O) groups excluding carboxylic acids is 1. The number of hydrogen-bond acceptors (Lipinski definition) is 4. The van der Waals surface area contributed by atoms with Crippen molar-refractivity contribution in [2.75, 3.05) is 5.32 Å². The second-order valence-corrected chi connectivity index (χ2v) is 6.89. The zero-order valence-corrected chi connectivity index (χ0v) is 15.0. The van der Waals surface area contributed by atoms with Crippen LogP contribution in [0.15, 0.2) is 45.8 Å². The Balaban J connectivity index is 2.37. The third-order valence-corrected chi connectivity index (χ3v) is 4.38. The van der Waals surface area contributed by atoms with E-state index in [1.165, 1.54) is 24.3 Å². The van der Waals surface area contributed by atoms with E-state index in [-0.39, 0.29) is 38.1 Å². The Hall–Kier alpha value is -2.07. The van der Waals surface area contributed by atoms with Crippen LogP contribution >= 0.6 is 27.7 Å². The Bertz CT molecular complexity index is 843. The molecule has 0 bridgehead atoms. The normalized spacial score (nSPS) is 11.2. The van der Waals surface area contributed by atoms with Gasteiger partial charge in [-0.2, -0.15) is 13.2 Å². The third kappa shape index (κ3) is 5.20. The van der Waals surface area contributed by atoms with Gasteiger partial charge in [-0.25, -0.2) is 0 Å². The van der Waals surface area contributed by atoms with Crippen LogP contribution in [-0.4, -0.2) is 16.3 Å². The Kier molecular flexibility index (Phi) is 5.73. The van der Waals surface area contributed by atoms with Crippen molar-refractivity contribution in [3.63, 3.8) is 0 Å². The topological polar surface area (TPSA) is 72.2 Å². The summed E-state index contributed by atoms with van der Waals surface area (Å²) in [6.07, 6.45) is 0. The summed E-state index contributed by atoms with van der Waals surface area (Å²) in [6, 6.07) is 7.77. The van der Waals surface area contributed by atoms with Gasteiger partial charge in [-0.3, -0.25) is 14.9 Å². The summed E-state index contributed by atoms with van der Waals surface area (Å²) in [4.78, 5) is 22.2. The van der Waals surface area contributed by atoms with Gasteiger partial charge >= 0.3 is 5.51 Å². The van der Waals surface area contributed by atoms with E-state index < -0.39 is 16.3 Å². The smallest absolute Gasteiger partial charge is 0.320 e. The highest BCUT2D eigenvalue weighted by Gasteiger charge is 2.31. The number of rotatable bonds is 4. The zero-order chi connectivity index (χ0) is 18.8. The molecule has 0 radical (unpaired) electrons. The molecular formula is C15H10BrF3N2O3S. The van der Waals surface area contributed by atoms with Crippen LogP contribution < -0.4 is 5.32 Å². The number of aryl methyl sites for hydroxylation is 1. The predicted molar refractivity (Wildman–Crippen MR) is 91.8 cm³/mol. The molecule has 2 rings (SSSR count). The van der Waals surface area contributed by atoms with Crippen molar-refractivity contribution >= 4 is 45.0 Å². The molecule has 0 aliphatic rings. The maximum atomic E-state index is 12.7. The number of halogens is 4. The molecule has 2 aromatic carbocycles. The van der Waals surface area contributed by atoms with Gasteiger partial charge in [0.1, 0.15) is 0 Å². The number of amides is 1. The first kappa shape index (κ1) is 19.3. The minimum atomic E-state index is -4.53. The van der Waals surface area contributed by atoms with Crippen molar-refractivity contribution in [1.82, 2.24) is 0 Å². The maximum absolute atomic E-state index is 12.7. The van der Waals surface area contributed by atoms with E-state index in [0.717, 1.165) is 6.07 Å². The molecule has 0 unspecified atom stereocenters. The van der Waals surface area contributed by atoms with E-state index in [1.807, 2.05) is 0 Å². The molecule has 0 saturated carbocycles. The number of nitrogens with zero attached hydrogens (tertiary/aromatic N) is 1. The molecule has 1 amide bonds. The summed E-state index contributed by atoms with van der Waals surface area (Å²) in [5, 5.41) is 13.2. The first-order valence-corrected chi connectivity index (χ1v) is 8.29. The van der Waals surface area contributed by atoms with Gasteiger partial charge in [0.2, 0.25) is 0 Å². The van der Waals surface area contributed by atoms with E-state index in [4.69, 9.17) is 0 Å². The van der Waals surface area contributed by atoms with Crippen molar-refractivity contribution in [3.8, 4) is 0 Å². The van der Waals surface area contributed by atoms with Crippen LogP contribution in [0, 0.1) is 17.0 Å². The number of nitro groups is 1. The van der Waals surface area contributed by atoms with Gasteiger partial charge in [0, 0.05) is 27.1 Å². The summed E-state index contributed by atoms with van der Waals surface area (Å²) in [6.45, 7) is 1.62. The second-order valence-electron chi connectivity index (χ2n) is 4.93. The van der Waals surface area contributed by atoms with Crippen LogP contribution in [0.5, 0.6) is 0 Å². The fraction of sp³-hybridized carbons (Fsp3) is 0.133. The average molecular weight is 435 g/mol. The lowest BCUT2D eigenvalue weighted by Crippen LogP contribution is -2.14. The van der Waals surface area contributed by atoms with Gasteiger partial charge < -0.3 is 5.32 Å². The fourth-order valence-corrected chi connectivity index (χ4v) is 3.55. The molecule has 10 heteroatoms. The number of nitro benzene ring substituents is 1. The summed E-state index contributed by atoms with van der Waals surface area (Å²) >= 11 is 2.79. The molecule has 0 heterocycles. The highest BCUT2D eigenvalue weighted by Crippen LogP contribution is 2.43. The molecular weight excluding hydrogens is 425 g/mol. The fourth-order valence-electron chi connectivity index (χ4n) is 1.98. The van der Waals surface area contributed by atoms with E-state index in [1.54, 1.807) is 13.0 Å². The Morgan fingerprint density at radius 2 is 1.96 bits per heavy atom. The van der Waals surface area contributed by atoms with E-state index in [0.29, 0.717) is 5.56 Å². The number of hydrogen-bond donors (Lipinski definition) is 1. The Labute approximate surface area is 152 Å². The molecule has 2 aromatic rings. The van der Waals surface area contributed by atoms with Crippen LogP contribution in [0.1, 0.15) is 15.9 Å². The first-order valence-electron chi connectivity index (χ1n) is 6.68. The molecule has 25 heavy (non-hydrogen) atoms. The molecule has 1 N–H and O–H groups in total. The summed E-state index contributed by atoms with van der Waals surface area (Å²) in [7, 11) is 0. The largest absolute Gasteiger partial charge is 0.446 e. The van der Waals surface area contributed by atoms with E-state index in [9.17, 15) is 28.1 Å². The van der Waals surface area contributed by atoms with Gasteiger partial charge in [0.25, 0.3) is 11.6 Å². The van der Waals surface area contributed by atoms with E-state index >= 15 is 0 Å². The van der Waals surface area contributed by atoms with Crippen LogP contribution in [0.2, 0.25) is 0 Å². The van der Waals surface area contributed by atoms with E-state index in [2.05, 4.69) is 21.2 Å². The lowest BCUT2D eigenvalue weighted by molar-refractivity contribution is -0.384. The number of anilines is 1. The van der Waals surface area contributed by atoms with Crippen molar-refractivity contribution in [2.45, 2.75) is 17.3 Å². The van der Waals surface area contributed by atoms with Gasteiger partial charge in [0.05, 0.1) is 10.6 Å². The van der Waals surface area contributed by atoms with Crippen LogP contribution in [-0.2, 0) is 0 Å². The number of nitrogens with one attached hydrogen (secondary N) is 1. The molecule has 0 spiro atoms. The minimum Gasteiger partial charge on any atom is -0.320 e. The van der Waals surface area contributed by atoms with Crippen molar-refractivity contribution in [2.24, 2.45) is 0 Å². The summed E-state index contributed by atoms with van der Waals surface area (Å²) in [5.41, 5.74) is -4.33. The third-order valence-electron chi connectivity index (χ3n) is 2.98. The monoisotopic (exact) mass is 434 g/mol. The number of non-ortho nitro benzene ring substituents is 1. The number of carbonyl (C=O) groups is 1. The van der Waals surface area contributed by atoms with Gasteiger partial charge in [-0.1, -0.05) is 6.07 Å². The van der Waals surface area contributed by atoms with Gasteiger partial charge in [0.15, 0.2) is 0 Å². The molecule has 0 aliphatic carbocycles. The van der Waals surface area contributed by atoms with Crippen molar-refractivity contribution < 1.29 is 22.9 Å². The van der Waals surface area contributed by atoms with Gasteiger partial charge in [-0.05, 0) is 58.4 Å². The zero-order valence-electron chi connectivity index (χ0n) is 12.6.